The van der Waals surface area contributed by atoms with Gasteiger partial charge >= 0.3 is 5.69 Å². The molecule has 0 bridgehead atoms. The average molecular weight is 392 g/mol. The molecule has 1 aromatic heterocycles. The first-order chi connectivity index (χ1) is 12.8. The second-order valence-corrected chi connectivity index (χ2v) is 9.56. The zero-order valence-electron chi connectivity index (χ0n) is 15.5. The highest BCUT2D eigenvalue weighted by Gasteiger charge is 2.55. The number of aromatic nitrogens is 2. The summed E-state index contributed by atoms with van der Waals surface area (Å²) in [6, 6.07) is 4.57. The monoisotopic (exact) mass is 392 g/mol. The SMILES string of the molecule is CC(C)N1CCCC2(CCCN2S(=O)(=O)c2ccc3[nH]c(=O)[nH]c3c2)C1=O. The number of sulfonamides is 1. The summed E-state index contributed by atoms with van der Waals surface area (Å²) in [7, 11) is -3.86. The van der Waals surface area contributed by atoms with Gasteiger partial charge in [-0.2, -0.15) is 4.31 Å². The molecule has 2 aliphatic rings. The van der Waals surface area contributed by atoms with Crippen LogP contribution in [0.15, 0.2) is 27.9 Å². The smallest absolute Gasteiger partial charge is 0.323 e. The number of H-pyrrole nitrogens is 2. The molecule has 0 aliphatic carbocycles. The molecule has 3 heterocycles. The van der Waals surface area contributed by atoms with Crippen LogP contribution in [0, 0.1) is 0 Å². The van der Waals surface area contributed by atoms with Crippen LogP contribution in [0.4, 0.5) is 0 Å². The van der Waals surface area contributed by atoms with Gasteiger partial charge in [-0.3, -0.25) is 4.79 Å². The fourth-order valence-electron chi connectivity index (χ4n) is 4.48. The first-order valence-corrected chi connectivity index (χ1v) is 10.8. The zero-order valence-corrected chi connectivity index (χ0v) is 16.3. The third-order valence-corrected chi connectivity index (χ3v) is 7.74. The Morgan fingerprint density at radius 3 is 2.41 bits per heavy atom. The van der Waals surface area contributed by atoms with Crippen molar-refractivity contribution >= 4 is 27.0 Å². The molecule has 0 radical (unpaired) electrons. The maximum absolute atomic E-state index is 13.4. The van der Waals surface area contributed by atoms with Crippen LogP contribution in [0.5, 0.6) is 0 Å². The molecule has 9 heteroatoms. The van der Waals surface area contributed by atoms with Gasteiger partial charge in [-0.1, -0.05) is 0 Å². The molecule has 1 amide bonds. The summed E-state index contributed by atoms with van der Waals surface area (Å²) in [5.41, 5.74) is -0.378. The Bertz CT molecular complexity index is 1050. The molecule has 2 saturated heterocycles. The highest BCUT2D eigenvalue weighted by molar-refractivity contribution is 7.89. The van der Waals surface area contributed by atoms with E-state index in [2.05, 4.69) is 9.97 Å². The molecular weight excluding hydrogens is 368 g/mol. The number of imidazole rings is 1. The van der Waals surface area contributed by atoms with Crippen molar-refractivity contribution in [2.45, 2.75) is 56.0 Å². The Kier molecular flexibility index (Phi) is 4.19. The lowest BCUT2D eigenvalue weighted by Crippen LogP contribution is -2.62. The fraction of sp³-hybridized carbons (Fsp3) is 0.556. The summed E-state index contributed by atoms with van der Waals surface area (Å²) in [6.07, 6.45) is 2.56. The van der Waals surface area contributed by atoms with Crippen molar-refractivity contribution in [3.05, 3.63) is 28.7 Å². The molecule has 27 heavy (non-hydrogen) atoms. The highest BCUT2D eigenvalue weighted by Crippen LogP contribution is 2.42. The van der Waals surface area contributed by atoms with E-state index in [9.17, 15) is 18.0 Å². The number of piperidine rings is 1. The molecule has 1 spiro atoms. The van der Waals surface area contributed by atoms with Gasteiger partial charge in [-0.25, -0.2) is 13.2 Å². The number of hydrogen-bond donors (Lipinski definition) is 2. The van der Waals surface area contributed by atoms with Crippen LogP contribution in [0.2, 0.25) is 0 Å². The van der Waals surface area contributed by atoms with Crippen molar-refractivity contribution in [3.63, 3.8) is 0 Å². The summed E-state index contributed by atoms with van der Waals surface area (Å²) < 4.78 is 28.3. The minimum absolute atomic E-state index is 0.0427. The Labute approximate surface area is 157 Å². The molecule has 1 unspecified atom stereocenters. The molecule has 0 saturated carbocycles. The van der Waals surface area contributed by atoms with Crippen LogP contribution in [-0.4, -0.2) is 58.2 Å². The number of aromatic amines is 2. The van der Waals surface area contributed by atoms with E-state index in [-0.39, 0.29) is 22.5 Å². The number of nitrogens with one attached hydrogen (secondary N) is 2. The molecular formula is C18H24N4O4S. The van der Waals surface area contributed by atoms with Crippen LogP contribution >= 0.6 is 0 Å². The van der Waals surface area contributed by atoms with E-state index in [1.54, 1.807) is 11.0 Å². The third-order valence-electron chi connectivity index (χ3n) is 5.78. The van der Waals surface area contributed by atoms with Crippen molar-refractivity contribution in [1.82, 2.24) is 19.2 Å². The summed E-state index contributed by atoms with van der Waals surface area (Å²) in [6.45, 7) is 4.92. The summed E-state index contributed by atoms with van der Waals surface area (Å²) in [5, 5.41) is 0. The van der Waals surface area contributed by atoms with Crippen molar-refractivity contribution in [1.29, 1.82) is 0 Å². The predicted molar refractivity (Wildman–Crippen MR) is 101 cm³/mol. The normalized spacial score (nSPS) is 24.6. The molecule has 2 N–H and O–H groups in total. The Morgan fingerprint density at radius 2 is 1.70 bits per heavy atom. The molecule has 1 aromatic carbocycles. The van der Waals surface area contributed by atoms with E-state index in [1.807, 2.05) is 13.8 Å². The second kappa shape index (κ2) is 6.20. The molecule has 4 rings (SSSR count). The standard InChI is InChI=1S/C18H24N4O4S/c1-12(2)21-9-3-7-18(16(21)23)8-4-10-22(18)27(25,26)13-5-6-14-15(11-13)20-17(24)19-14/h5-6,11-12H,3-4,7-10H2,1-2H3,(H2,19,20,24). The van der Waals surface area contributed by atoms with Gasteiger partial charge in [0.15, 0.2) is 0 Å². The van der Waals surface area contributed by atoms with Gasteiger partial charge in [0.2, 0.25) is 15.9 Å². The molecule has 2 aromatic rings. The van der Waals surface area contributed by atoms with Crippen LogP contribution in [0.25, 0.3) is 11.0 Å². The van der Waals surface area contributed by atoms with Crippen LogP contribution in [-0.2, 0) is 14.8 Å². The van der Waals surface area contributed by atoms with E-state index in [0.29, 0.717) is 43.4 Å². The Morgan fingerprint density at radius 1 is 1.04 bits per heavy atom. The maximum atomic E-state index is 13.4. The molecule has 8 nitrogen and oxygen atoms in total. The number of rotatable bonds is 3. The number of benzene rings is 1. The van der Waals surface area contributed by atoms with Gasteiger partial charge in [-0.15, -0.1) is 0 Å². The van der Waals surface area contributed by atoms with Crippen LogP contribution < -0.4 is 5.69 Å². The average Bonchev–Trinajstić information content (AvgIpc) is 3.20. The zero-order chi connectivity index (χ0) is 19.4. The number of carbonyl (C=O) groups excluding carboxylic acids is 1. The van der Waals surface area contributed by atoms with Crippen molar-refractivity contribution in [2.24, 2.45) is 0 Å². The summed E-state index contributed by atoms with van der Waals surface area (Å²) >= 11 is 0. The first-order valence-electron chi connectivity index (χ1n) is 9.32. The number of nitrogens with zero attached hydrogens (tertiary/aromatic N) is 2. The lowest BCUT2D eigenvalue weighted by molar-refractivity contribution is -0.146. The minimum atomic E-state index is -3.86. The minimum Gasteiger partial charge on any atom is -0.339 e. The number of hydrogen-bond acceptors (Lipinski definition) is 4. The van der Waals surface area contributed by atoms with Crippen molar-refractivity contribution in [3.8, 4) is 0 Å². The second-order valence-electron chi connectivity index (χ2n) is 7.69. The lowest BCUT2D eigenvalue weighted by Gasteiger charge is -2.45. The fourth-order valence-corrected chi connectivity index (χ4v) is 6.33. The van der Waals surface area contributed by atoms with Crippen LogP contribution in [0.1, 0.15) is 39.5 Å². The van der Waals surface area contributed by atoms with Gasteiger partial charge in [-0.05, 0) is 57.7 Å². The predicted octanol–water partition coefficient (Wildman–Crippen LogP) is 1.41. The van der Waals surface area contributed by atoms with E-state index >= 15 is 0 Å². The van der Waals surface area contributed by atoms with E-state index < -0.39 is 15.6 Å². The van der Waals surface area contributed by atoms with Gasteiger partial charge in [0, 0.05) is 19.1 Å². The third kappa shape index (κ3) is 2.71. The van der Waals surface area contributed by atoms with E-state index in [0.717, 1.165) is 6.42 Å². The maximum Gasteiger partial charge on any atom is 0.323 e. The van der Waals surface area contributed by atoms with E-state index in [1.165, 1.54) is 16.4 Å². The summed E-state index contributed by atoms with van der Waals surface area (Å²) in [4.78, 5) is 31.8. The topological polar surface area (TPSA) is 106 Å². The molecule has 2 aliphatic heterocycles. The molecule has 146 valence electrons. The number of fused-ring (bicyclic) bond motifs is 1. The van der Waals surface area contributed by atoms with Gasteiger partial charge in [0.1, 0.15) is 5.54 Å². The molecule has 2 fully saturated rings. The van der Waals surface area contributed by atoms with Gasteiger partial charge in [0.05, 0.1) is 15.9 Å². The lowest BCUT2D eigenvalue weighted by atomic mass is 9.86. The number of carbonyl (C=O) groups is 1. The van der Waals surface area contributed by atoms with Gasteiger partial charge in [0.25, 0.3) is 0 Å². The number of likely N-dealkylation sites (tertiary alicyclic amines) is 1. The highest BCUT2D eigenvalue weighted by atomic mass is 32.2. The quantitative estimate of drug-likeness (QED) is 0.824. The molecule has 1 atom stereocenters. The Hall–Kier alpha value is -2.13. The van der Waals surface area contributed by atoms with Gasteiger partial charge < -0.3 is 14.9 Å². The largest absolute Gasteiger partial charge is 0.339 e. The summed E-state index contributed by atoms with van der Waals surface area (Å²) in [5.74, 6) is -0.0824. The van der Waals surface area contributed by atoms with Crippen molar-refractivity contribution in [2.75, 3.05) is 13.1 Å². The van der Waals surface area contributed by atoms with Crippen molar-refractivity contribution < 1.29 is 13.2 Å². The number of amides is 1. The first kappa shape index (κ1) is 18.2. The van der Waals surface area contributed by atoms with E-state index in [4.69, 9.17) is 0 Å². The Balaban J connectivity index is 1.77. The van der Waals surface area contributed by atoms with Crippen LogP contribution in [0.3, 0.4) is 0 Å².